The fourth-order valence-electron chi connectivity index (χ4n) is 4.69. The molecule has 0 amide bonds. The first-order chi connectivity index (χ1) is 10.9. The van der Waals surface area contributed by atoms with Crippen LogP contribution in [0.3, 0.4) is 0 Å². The molecule has 2 heterocycles. The van der Waals surface area contributed by atoms with Crippen molar-refractivity contribution in [2.75, 3.05) is 20.7 Å². The Balaban J connectivity index is 1.86. The van der Waals surface area contributed by atoms with Crippen molar-refractivity contribution in [2.24, 2.45) is 5.41 Å². The summed E-state index contributed by atoms with van der Waals surface area (Å²) in [5.74, 6) is 0.245. The molecule has 0 bridgehead atoms. The third-order valence-corrected chi connectivity index (χ3v) is 6.12. The Labute approximate surface area is 144 Å². The summed E-state index contributed by atoms with van der Waals surface area (Å²) >= 11 is 3.64. The predicted molar refractivity (Wildman–Crippen MR) is 93.6 cm³/mol. The number of nitrogens with one attached hydrogen (secondary N) is 1. The van der Waals surface area contributed by atoms with E-state index in [-0.39, 0.29) is 5.97 Å². The Morgan fingerprint density at radius 1 is 1.48 bits per heavy atom. The summed E-state index contributed by atoms with van der Waals surface area (Å²) in [6.07, 6.45) is 4.01. The van der Waals surface area contributed by atoms with Crippen LogP contribution < -0.4 is 0 Å². The number of likely N-dealkylation sites (tertiary alicyclic amines) is 1. The second-order valence-corrected chi connectivity index (χ2v) is 8.20. The molecule has 122 valence electrons. The topological polar surface area (TPSA) is 45.3 Å². The lowest BCUT2D eigenvalue weighted by atomic mass is 9.67. The normalized spacial score (nSPS) is 30.3. The van der Waals surface area contributed by atoms with Gasteiger partial charge in [0.15, 0.2) is 0 Å². The number of aromatic amines is 1. The van der Waals surface area contributed by atoms with Crippen LogP contribution in [0.25, 0.3) is 10.9 Å². The highest BCUT2D eigenvalue weighted by atomic mass is 79.9. The van der Waals surface area contributed by atoms with Crippen LogP contribution in [-0.4, -0.2) is 42.6 Å². The van der Waals surface area contributed by atoms with Crippen molar-refractivity contribution in [3.63, 3.8) is 0 Å². The monoisotopic (exact) mass is 376 g/mol. The second-order valence-electron chi connectivity index (χ2n) is 7.28. The van der Waals surface area contributed by atoms with E-state index < -0.39 is 5.41 Å². The fourth-order valence-corrected chi connectivity index (χ4v) is 5.16. The number of rotatable bonds is 1. The Bertz CT molecular complexity index is 800. The molecule has 0 spiro atoms. The zero-order chi connectivity index (χ0) is 16.4. The quantitative estimate of drug-likeness (QED) is 0.775. The van der Waals surface area contributed by atoms with Gasteiger partial charge >= 0.3 is 5.97 Å². The van der Waals surface area contributed by atoms with Gasteiger partial charge in [0.1, 0.15) is 0 Å². The molecule has 0 unspecified atom stereocenters. The lowest BCUT2D eigenvalue weighted by Crippen LogP contribution is -2.54. The molecule has 1 aromatic carbocycles. The maximum atomic E-state index is 12.3. The largest absolute Gasteiger partial charge is 0.469 e. The number of ether oxygens (including phenoxy) is 1. The van der Waals surface area contributed by atoms with Crippen LogP contribution in [0.15, 0.2) is 22.8 Å². The minimum absolute atomic E-state index is 0.103. The third kappa shape index (κ3) is 2.17. The van der Waals surface area contributed by atoms with Gasteiger partial charge in [0.05, 0.1) is 12.5 Å². The molecule has 4 nitrogen and oxygen atoms in total. The molecule has 5 heteroatoms. The number of benzene rings is 1. The average Bonchev–Trinajstić information content (AvgIpc) is 2.91. The lowest BCUT2D eigenvalue weighted by Gasteiger charge is -2.48. The Kier molecular flexibility index (Phi) is 3.36. The van der Waals surface area contributed by atoms with E-state index in [1.165, 1.54) is 29.1 Å². The van der Waals surface area contributed by atoms with Crippen molar-refractivity contribution in [3.05, 3.63) is 33.9 Å². The number of piperidine rings is 1. The van der Waals surface area contributed by atoms with Gasteiger partial charge in [0.25, 0.3) is 0 Å². The smallest absolute Gasteiger partial charge is 0.312 e. The molecule has 0 radical (unpaired) electrons. The molecule has 23 heavy (non-hydrogen) atoms. The highest BCUT2D eigenvalue weighted by Crippen LogP contribution is 2.48. The number of esters is 1. The van der Waals surface area contributed by atoms with Gasteiger partial charge < -0.3 is 14.6 Å². The fraction of sp³-hybridized carbons (Fsp3) is 0.500. The van der Waals surface area contributed by atoms with Gasteiger partial charge in [0, 0.05) is 40.1 Å². The van der Waals surface area contributed by atoms with E-state index in [0.717, 1.165) is 23.9 Å². The Morgan fingerprint density at radius 3 is 3.00 bits per heavy atom. The van der Waals surface area contributed by atoms with E-state index in [0.29, 0.717) is 12.0 Å². The lowest BCUT2D eigenvalue weighted by molar-refractivity contribution is -0.156. The van der Waals surface area contributed by atoms with E-state index in [1.807, 2.05) is 6.92 Å². The molecule has 0 saturated carbocycles. The SMILES string of the molecule is COC(=O)[C@]1(C)C[C@@H]2c3cc(Br)cc4[nH]cc(c34)C[C@H]2N(C)C1. The van der Waals surface area contributed by atoms with Gasteiger partial charge in [-0.25, -0.2) is 0 Å². The van der Waals surface area contributed by atoms with Crippen molar-refractivity contribution < 1.29 is 9.53 Å². The molecule has 4 rings (SSSR count). The first kappa shape index (κ1) is 15.2. The summed E-state index contributed by atoms with van der Waals surface area (Å²) in [5, 5.41) is 1.34. The molecule has 1 fully saturated rings. The number of fused-ring (bicyclic) bond motifs is 2. The van der Waals surface area contributed by atoms with Crippen LogP contribution in [0.5, 0.6) is 0 Å². The standard InChI is InChI=1S/C18H21BrN2O2/c1-18(17(22)23-3)7-13-12-5-11(19)6-14-16(12)10(8-20-14)4-15(13)21(2)9-18/h5-6,8,13,15,20H,4,7,9H2,1-3H3/t13-,15-,18-/m1/s1. The number of nitrogens with zero attached hydrogens (tertiary/aromatic N) is 1. The summed E-state index contributed by atoms with van der Waals surface area (Å²) < 4.78 is 6.18. The molecule has 1 saturated heterocycles. The number of hydrogen-bond donors (Lipinski definition) is 1. The van der Waals surface area contributed by atoms with Crippen LogP contribution >= 0.6 is 15.9 Å². The minimum Gasteiger partial charge on any atom is -0.469 e. The number of hydrogen-bond acceptors (Lipinski definition) is 3. The van der Waals surface area contributed by atoms with Crippen molar-refractivity contribution in [2.45, 2.75) is 31.7 Å². The summed E-state index contributed by atoms with van der Waals surface area (Å²) in [6.45, 7) is 2.78. The third-order valence-electron chi connectivity index (χ3n) is 5.66. The van der Waals surface area contributed by atoms with Gasteiger partial charge in [-0.2, -0.15) is 0 Å². The molecule has 1 aliphatic carbocycles. The number of aromatic nitrogens is 1. The molecule has 2 aliphatic rings. The average molecular weight is 377 g/mol. The first-order valence-electron chi connectivity index (χ1n) is 8.01. The minimum atomic E-state index is -0.451. The summed E-state index contributed by atoms with van der Waals surface area (Å²) in [4.78, 5) is 18.1. The molecule has 3 atom stereocenters. The van der Waals surface area contributed by atoms with Gasteiger partial charge in [0.2, 0.25) is 0 Å². The Morgan fingerprint density at radius 2 is 2.26 bits per heavy atom. The zero-order valence-electron chi connectivity index (χ0n) is 13.6. The van der Waals surface area contributed by atoms with Gasteiger partial charge in [-0.3, -0.25) is 4.79 Å². The molecule has 2 aromatic rings. The van der Waals surface area contributed by atoms with E-state index in [9.17, 15) is 4.79 Å². The summed E-state index contributed by atoms with van der Waals surface area (Å²) in [5.41, 5.74) is 3.46. The molecule has 1 aromatic heterocycles. The van der Waals surface area contributed by atoms with Crippen molar-refractivity contribution in [3.8, 4) is 0 Å². The number of carbonyl (C=O) groups excluding carboxylic acids is 1. The number of methoxy groups -OCH3 is 1. The van der Waals surface area contributed by atoms with Crippen molar-refractivity contribution in [1.82, 2.24) is 9.88 Å². The van der Waals surface area contributed by atoms with Crippen LogP contribution in [0.2, 0.25) is 0 Å². The number of carbonyl (C=O) groups is 1. The Hall–Kier alpha value is -1.33. The van der Waals surface area contributed by atoms with Crippen LogP contribution in [0.4, 0.5) is 0 Å². The van der Waals surface area contributed by atoms with Crippen molar-refractivity contribution >= 4 is 32.8 Å². The maximum Gasteiger partial charge on any atom is 0.312 e. The molecular weight excluding hydrogens is 356 g/mol. The number of likely N-dealkylation sites (N-methyl/N-ethyl adjacent to an activating group) is 1. The van der Waals surface area contributed by atoms with Crippen molar-refractivity contribution in [1.29, 1.82) is 0 Å². The van der Waals surface area contributed by atoms with E-state index >= 15 is 0 Å². The maximum absolute atomic E-state index is 12.3. The summed E-state index contributed by atoms with van der Waals surface area (Å²) in [6, 6.07) is 4.80. The molecule has 1 aliphatic heterocycles. The second kappa shape index (κ2) is 5.08. The number of H-pyrrole nitrogens is 1. The molecule has 1 N–H and O–H groups in total. The van der Waals surface area contributed by atoms with Crippen LogP contribution in [0, 0.1) is 5.41 Å². The van der Waals surface area contributed by atoms with Gasteiger partial charge in [-0.15, -0.1) is 0 Å². The van der Waals surface area contributed by atoms with E-state index in [4.69, 9.17) is 4.74 Å². The van der Waals surface area contributed by atoms with Crippen LogP contribution in [0.1, 0.15) is 30.4 Å². The highest BCUT2D eigenvalue weighted by Gasteiger charge is 2.48. The van der Waals surface area contributed by atoms with Gasteiger partial charge in [-0.1, -0.05) is 15.9 Å². The predicted octanol–water partition coefficient (Wildman–Crippen LogP) is 3.45. The van der Waals surface area contributed by atoms with E-state index in [1.54, 1.807) is 0 Å². The highest BCUT2D eigenvalue weighted by molar-refractivity contribution is 9.10. The first-order valence-corrected chi connectivity index (χ1v) is 8.80. The number of halogens is 1. The zero-order valence-corrected chi connectivity index (χ0v) is 15.2. The molecular formula is C18H21BrN2O2. The van der Waals surface area contributed by atoms with Gasteiger partial charge in [-0.05, 0) is 50.1 Å². The van der Waals surface area contributed by atoms with Crippen LogP contribution in [-0.2, 0) is 16.0 Å². The summed E-state index contributed by atoms with van der Waals surface area (Å²) in [7, 11) is 3.62. The van der Waals surface area contributed by atoms with E-state index in [2.05, 4.69) is 51.2 Å².